The van der Waals surface area contributed by atoms with Gasteiger partial charge in [-0.05, 0) is 35.9 Å². The first-order valence-electron chi connectivity index (χ1n) is 8.11. The van der Waals surface area contributed by atoms with Gasteiger partial charge < -0.3 is 14.6 Å². The average Bonchev–Trinajstić information content (AvgIpc) is 2.67. The SMILES string of the molecule is COc1ccc(S(=O)(=O)N2CCOCC2c2cccc(F)c2)cc1C(=O)O. The summed E-state index contributed by atoms with van der Waals surface area (Å²) in [7, 11) is -2.74. The van der Waals surface area contributed by atoms with Crippen LogP contribution in [0.25, 0.3) is 0 Å². The predicted octanol–water partition coefficient (Wildman–Crippen LogP) is 2.29. The van der Waals surface area contributed by atoms with E-state index in [1.807, 2.05) is 0 Å². The Morgan fingerprint density at radius 2 is 2.07 bits per heavy atom. The van der Waals surface area contributed by atoms with Crippen LogP contribution >= 0.6 is 0 Å². The van der Waals surface area contributed by atoms with Crippen LogP contribution in [-0.4, -0.2) is 50.7 Å². The number of benzene rings is 2. The van der Waals surface area contributed by atoms with Crippen LogP contribution in [0.5, 0.6) is 5.75 Å². The molecule has 0 spiro atoms. The van der Waals surface area contributed by atoms with Gasteiger partial charge in [0.15, 0.2) is 0 Å². The van der Waals surface area contributed by atoms with Gasteiger partial charge in [0.25, 0.3) is 0 Å². The topological polar surface area (TPSA) is 93.1 Å². The van der Waals surface area contributed by atoms with Crippen molar-refractivity contribution in [2.45, 2.75) is 10.9 Å². The van der Waals surface area contributed by atoms with Gasteiger partial charge >= 0.3 is 5.97 Å². The maximum absolute atomic E-state index is 13.6. The quantitative estimate of drug-likeness (QED) is 0.835. The van der Waals surface area contributed by atoms with Crippen molar-refractivity contribution >= 4 is 16.0 Å². The Morgan fingerprint density at radius 3 is 2.74 bits per heavy atom. The molecule has 1 aliphatic rings. The molecule has 1 aliphatic heterocycles. The van der Waals surface area contributed by atoms with Crippen LogP contribution < -0.4 is 4.74 Å². The molecule has 144 valence electrons. The maximum atomic E-state index is 13.6. The number of hydrogen-bond acceptors (Lipinski definition) is 5. The van der Waals surface area contributed by atoms with E-state index in [4.69, 9.17) is 9.47 Å². The molecule has 0 aliphatic carbocycles. The normalized spacial score (nSPS) is 18.2. The van der Waals surface area contributed by atoms with E-state index in [0.29, 0.717) is 5.56 Å². The highest BCUT2D eigenvalue weighted by Crippen LogP contribution is 2.32. The molecule has 2 aromatic rings. The van der Waals surface area contributed by atoms with Crippen molar-refractivity contribution in [2.24, 2.45) is 0 Å². The molecule has 1 N–H and O–H groups in total. The second kappa shape index (κ2) is 7.63. The largest absolute Gasteiger partial charge is 0.496 e. The highest BCUT2D eigenvalue weighted by atomic mass is 32.2. The lowest BCUT2D eigenvalue weighted by Crippen LogP contribution is -2.43. The Hall–Kier alpha value is -2.49. The molecule has 1 unspecified atom stereocenters. The molecule has 7 nitrogen and oxygen atoms in total. The van der Waals surface area contributed by atoms with E-state index >= 15 is 0 Å². The molecular formula is C18H18FNO6S. The molecular weight excluding hydrogens is 377 g/mol. The number of carboxylic acids is 1. The number of hydrogen-bond donors (Lipinski definition) is 1. The molecule has 0 bridgehead atoms. The summed E-state index contributed by atoms with van der Waals surface area (Å²) in [5.74, 6) is -1.72. The van der Waals surface area contributed by atoms with E-state index < -0.39 is 27.9 Å². The van der Waals surface area contributed by atoms with Gasteiger partial charge in [0.05, 0.1) is 31.3 Å². The zero-order valence-electron chi connectivity index (χ0n) is 14.5. The summed E-state index contributed by atoms with van der Waals surface area (Å²) in [6.07, 6.45) is 0. The van der Waals surface area contributed by atoms with Gasteiger partial charge in [0.2, 0.25) is 10.0 Å². The van der Waals surface area contributed by atoms with Crippen LogP contribution in [0.2, 0.25) is 0 Å². The van der Waals surface area contributed by atoms with Crippen molar-refractivity contribution in [3.05, 3.63) is 59.4 Å². The van der Waals surface area contributed by atoms with Crippen molar-refractivity contribution < 1.29 is 32.2 Å². The molecule has 0 amide bonds. The molecule has 1 fully saturated rings. The van der Waals surface area contributed by atoms with Gasteiger partial charge in [-0.3, -0.25) is 0 Å². The van der Waals surface area contributed by atoms with Crippen molar-refractivity contribution in [2.75, 3.05) is 26.9 Å². The fourth-order valence-electron chi connectivity index (χ4n) is 3.00. The third kappa shape index (κ3) is 3.80. The lowest BCUT2D eigenvalue weighted by Gasteiger charge is -2.35. The van der Waals surface area contributed by atoms with Gasteiger partial charge in [0, 0.05) is 6.54 Å². The van der Waals surface area contributed by atoms with Crippen LogP contribution in [0.15, 0.2) is 47.4 Å². The fourth-order valence-corrected chi connectivity index (χ4v) is 4.61. The molecule has 3 rings (SSSR count). The van der Waals surface area contributed by atoms with Crippen molar-refractivity contribution in [3.8, 4) is 5.75 Å². The van der Waals surface area contributed by atoms with Crippen molar-refractivity contribution in [1.29, 1.82) is 0 Å². The second-order valence-corrected chi connectivity index (χ2v) is 7.82. The molecule has 1 heterocycles. The number of rotatable bonds is 5. The molecule has 1 atom stereocenters. The highest BCUT2D eigenvalue weighted by molar-refractivity contribution is 7.89. The molecule has 0 aromatic heterocycles. The number of morpholine rings is 1. The molecule has 1 saturated heterocycles. The van der Waals surface area contributed by atoms with Gasteiger partial charge in [0.1, 0.15) is 17.1 Å². The Morgan fingerprint density at radius 1 is 1.30 bits per heavy atom. The fraction of sp³-hybridized carbons (Fsp3) is 0.278. The maximum Gasteiger partial charge on any atom is 0.339 e. The van der Waals surface area contributed by atoms with E-state index in [1.165, 1.54) is 41.7 Å². The molecule has 27 heavy (non-hydrogen) atoms. The first-order valence-corrected chi connectivity index (χ1v) is 9.55. The lowest BCUT2D eigenvalue weighted by molar-refractivity contribution is 0.0320. The van der Waals surface area contributed by atoms with E-state index in [0.717, 1.165) is 6.07 Å². The summed E-state index contributed by atoms with van der Waals surface area (Å²) in [5.41, 5.74) is 0.208. The first kappa shape index (κ1) is 19.3. The van der Waals surface area contributed by atoms with E-state index in [-0.39, 0.29) is 36.0 Å². The van der Waals surface area contributed by atoms with Gasteiger partial charge in [-0.1, -0.05) is 12.1 Å². The predicted molar refractivity (Wildman–Crippen MR) is 93.8 cm³/mol. The van der Waals surface area contributed by atoms with Crippen LogP contribution in [0, 0.1) is 5.82 Å². The smallest absolute Gasteiger partial charge is 0.339 e. The second-order valence-electron chi connectivity index (χ2n) is 5.93. The summed E-state index contributed by atoms with van der Waals surface area (Å²) < 4.78 is 51.5. The minimum atomic E-state index is -4.04. The molecule has 2 aromatic carbocycles. The summed E-state index contributed by atoms with van der Waals surface area (Å²) in [6.45, 7) is 0.329. The summed E-state index contributed by atoms with van der Waals surface area (Å²) in [5, 5.41) is 9.31. The third-order valence-electron chi connectivity index (χ3n) is 4.32. The van der Waals surface area contributed by atoms with Crippen LogP contribution in [0.4, 0.5) is 4.39 Å². The number of methoxy groups -OCH3 is 1. The Balaban J connectivity index is 2.04. The van der Waals surface area contributed by atoms with Crippen LogP contribution in [-0.2, 0) is 14.8 Å². The van der Waals surface area contributed by atoms with Gasteiger partial charge in [-0.25, -0.2) is 17.6 Å². The van der Waals surface area contributed by atoms with E-state index in [9.17, 15) is 22.7 Å². The minimum absolute atomic E-state index is 0.0603. The highest BCUT2D eigenvalue weighted by Gasteiger charge is 2.35. The number of nitrogens with zero attached hydrogens (tertiary/aromatic N) is 1. The number of aromatic carboxylic acids is 1. The van der Waals surface area contributed by atoms with E-state index in [2.05, 4.69) is 0 Å². The monoisotopic (exact) mass is 395 g/mol. The lowest BCUT2D eigenvalue weighted by atomic mass is 10.1. The molecule has 0 saturated carbocycles. The average molecular weight is 395 g/mol. The van der Waals surface area contributed by atoms with Crippen LogP contribution in [0.3, 0.4) is 0 Å². The zero-order chi connectivity index (χ0) is 19.6. The van der Waals surface area contributed by atoms with Crippen molar-refractivity contribution in [3.63, 3.8) is 0 Å². The summed E-state index contributed by atoms with van der Waals surface area (Å²) in [6, 6.07) is 8.60. The van der Waals surface area contributed by atoms with Gasteiger partial charge in [-0.15, -0.1) is 0 Å². The molecule has 0 radical (unpaired) electrons. The standard InChI is InChI=1S/C18H18FNO6S/c1-25-17-6-5-14(10-15(17)18(21)22)27(23,24)20-7-8-26-11-16(20)12-3-2-4-13(19)9-12/h2-6,9-10,16H,7-8,11H2,1H3,(H,21,22). The first-order chi connectivity index (χ1) is 12.8. The van der Waals surface area contributed by atoms with Crippen molar-refractivity contribution in [1.82, 2.24) is 4.31 Å². The summed E-state index contributed by atoms with van der Waals surface area (Å²) >= 11 is 0. The zero-order valence-corrected chi connectivity index (χ0v) is 15.3. The number of sulfonamides is 1. The van der Waals surface area contributed by atoms with E-state index in [1.54, 1.807) is 6.07 Å². The Labute approximate surface area is 156 Å². The number of carbonyl (C=O) groups is 1. The Kier molecular flexibility index (Phi) is 5.45. The number of halogens is 1. The third-order valence-corrected chi connectivity index (χ3v) is 6.22. The number of ether oxygens (including phenoxy) is 2. The summed E-state index contributed by atoms with van der Waals surface area (Å²) in [4.78, 5) is 11.2. The Bertz CT molecular complexity index is 962. The minimum Gasteiger partial charge on any atom is -0.496 e. The molecule has 9 heteroatoms. The van der Waals surface area contributed by atoms with Crippen LogP contribution in [0.1, 0.15) is 22.0 Å². The van der Waals surface area contributed by atoms with Gasteiger partial charge in [-0.2, -0.15) is 4.31 Å². The number of carboxylic acid groups (broad SMARTS) is 1.